The number of carbonyl (C=O) groups is 2. The highest BCUT2D eigenvalue weighted by Crippen LogP contribution is 2.33. The van der Waals surface area contributed by atoms with Crippen LogP contribution in [0.1, 0.15) is 41.1 Å². The van der Waals surface area contributed by atoms with Gasteiger partial charge in [0.1, 0.15) is 22.4 Å². The van der Waals surface area contributed by atoms with E-state index in [-0.39, 0.29) is 28.0 Å². The maximum atomic E-state index is 11.9. The van der Waals surface area contributed by atoms with E-state index in [9.17, 15) is 9.59 Å². The van der Waals surface area contributed by atoms with E-state index in [0.717, 1.165) is 11.3 Å². The van der Waals surface area contributed by atoms with Gasteiger partial charge in [-0.2, -0.15) is 10.5 Å². The molecule has 0 radical (unpaired) electrons. The highest BCUT2D eigenvalue weighted by atomic mass is 32.1. The van der Waals surface area contributed by atoms with Crippen LogP contribution < -0.4 is 5.32 Å². The molecule has 1 aromatic rings. The van der Waals surface area contributed by atoms with E-state index in [1.54, 1.807) is 26.8 Å². The van der Waals surface area contributed by atoms with Crippen molar-refractivity contribution in [3.05, 3.63) is 16.0 Å². The zero-order chi connectivity index (χ0) is 15.3. The normalized spacial score (nSPS) is 9.70. The Morgan fingerprint density at radius 2 is 2.05 bits per heavy atom. The average Bonchev–Trinajstić information content (AvgIpc) is 2.65. The molecule has 20 heavy (non-hydrogen) atoms. The van der Waals surface area contributed by atoms with Crippen molar-refractivity contribution in [2.45, 2.75) is 33.3 Å². The minimum atomic E-state index is -0.528. The molecule has 0 saturated heterocycles. The molecule has 6 nitrogen and oxygen atoms in total. The average molecular weight is 291 g/mol. The molecule has 0 unspecified atom stereocenters. The fraction of sp³-hybridized carbons (Fsp3) is 0.385. The van der Waals surface area contributed by atoms with E-state index in [4.69, 9.17) is 15.3 Å². The van der Waals surface area contributed by atoms with Gasteiger partial charge in [-0.3, -0.25) is 4.79 Å². The molecule has 0 aliphatic heterocycles. The summed E-state index contributed by atoms with van der Waals surface area (Å²) in [5, 5.41) is 20.3. The smallest absolute Gasteiger partial charge is 0.348 e. The number of nitrogens with zero attached hydrogens (tertiary/aromatic N) is 2. The lowest BCUT2D eigenvalue weighted by Gasteiger charge is -2.06. The predicted molar refractivity (Wildman–Crippen MR) is 73.2 cm³/mol. The Kier molecular flexibility index (Phi) is 5.24. The second-order valence-electron chi connectivity index (χ2n) is 4.21. The predicted octanol–water partition coefficient (Wildman–Crippen LogP) is 2.35. The highest BCUT2D eigenvalue weighted by Gasteiger charge is 2.22. The lowest BCUT2D eigenvalue weighted by Crippen LogP contribution is -2.11. The highest BCUT2D eigenvalue weighted by molar-refractivity contribution is 7.18. The van der Waals surface area contributed by atoms with Gasteiger partial charge in [0, 0.05) is 0 Å². The number of nitrogens with one attached hydrogen (secondary N) is 1. The fourth-order valence-electron chi connectivity index (χ4n) is 1.44. The maximum absolute atomic E-state index is 11.9. The van der Waals surface area contributed by atoms with Gasteiger partial charge in [-0.1, -0.05) is 0 Å². The van der Waals surface area contributed by atoms with E-state index in [1.165, 1.54) is 0 Å². The Labute approximate surface area is 120 Å². The summed E-state index contributed by atoms with van der Waals surface area (Å²) in [5.74, 6) is -1.05. The molecule has 0 aromatic carbocycles. The summed E-state index contributed by atoms with van der Waals surface area (Å²) in [6, 6.07) is 3.66. The minimum Gasteiger partial charge on any atom is -0.459 e. The molecule has 1 aromatic heterocycles. The van der Waals surface area contributed by atoms with E-state index >= 15 is 0 Å². The Hall–Kier alpha value is -2.38. The number of carbonyl (C=O) groups excluding carboxylic acids is 2. The number of thiophene rings is 1. The maximum Gasteiger partial charge on any atom is 0.348 e. The van der Waals surface area contributed by atoms with Crippen LogP contribution in [0.4, 0.5) is 5.00 Å². The van der Waals surface area contributed by atoms with E-state index in [1.807, 2.05) is 6.07 Å². The second kappa shape index (κ2) is 6.69. The number of anilines is 1. The van der Waals surface area contributed by atoms with Crippen LogP contribution in [0.3, 0.4) is 0 Å². The molecule has 0 bridgehead atoms. The van der Waals surface area contributed by atoms with Crippen molar-refractivity contribution in [3.63, 3.8) is 0 Å². The first-order valence-electron chi connectivity index (χ1n) is 5.82. The Balaban J connectivity index is 3.10. The van der Waals surface area contributed by atoms with E-state index in [2.05, 4.69) is 5.32 Å². The zero-order valence-electron chi connectivity index (χ0n) is 11.3. The summed E-state index contributed by atoms with van der Waals surface area (Å²) in [4.78, 5) is 23.6. The first-order chi connectivity index (χ1) is 9.40. The zero-order valence-corrected chi connectivity index (χ0v) is 12.1. The summed E-state index contributed by atoms with van der Waals surface area (Å²) in [6.07, 6.45) is -0.584. The number of hydrogen-bond acceptors (Lipinski definition) is 6. The Morgan fingerprint density at radius 1 is 1.40 bits per heavy atom. The van der Waals surface area contributed by atoms with Crippen LogP contribution in [-0.4, -0.2) is 18.0 Å². The summed E-state index contributed by atoms with van der Waals surface area (Å²) >= 11 is 0.977. The summed E-state index contributed by atoms with van der Waals surface area (Å²) in [5.41, 5.74) is 0.687. The quantitative estimate of drug-likeness (QED) is 0.857. The van der Waals surface area contributed by atoms with Gasteiger partial charge in [0.05, 0.1) is 17.7 Å². The molecule has 1 heterocycles. The molecule has 0 spiro atoms. The minimum absolute atomic E-state index is 0.219. The molecule has 0 fully saturated rings. The number of amides is 1. The van der Waals surface area contributed by atoms with Gasteiger partial charge < -0.3 is 10.1 Å². The molecule has 1 N–H and O–H groups in total. The van der Waals surface area contributed by atoms with Crippen LogP contribution in [0.15, 0.2) is 0 Å². The van der Waals surface area contributed by atoms with Gasteiger partial charge in [-0.25, -0.2) is 4.79 Å². The van der Waals surface area contributed by atoms with Gasteiger partial charge in [0.15, 0.2) is 0 Å². The molecule has 1 amide bonds. The third-order valence-electron chi connectivity index (χ3n) is 2.28. The van der Waals surface area contributed by atoms with Crippen molar-refractivity contribution in [1.29, 1.82) is 10.5 Å². The topological polar surface area (TPSA) is 103 Å². The van der Waals surface area contributed by atoms with Crippen molar-refractivity contribution >= 4 is 28.2 Å². The van der Waals surface area contributed by atoms with Gasteiger partial charge >= 0.3 is 5.97 Å². The molecule has 104 valence electrons. The third kappa shape index (κ3) is 3.56. The fourth-order valence-corrected chi connectivity index (χ4v) is 2.50. The number of ether oxygens (including phenoxy) is 1. The van der Waals surface area contributed by atoms with Crippen molar-refractivity contribution in [2.75, 3.05) is 5.32 Å². The van der Waals surface area contributed by atoms with Gasteiger partial charge in [0.25, 0.3) is 0 Å². The van der Waals surface area contributed by atoms with Crippen LogP contribution in [0.25, 0.3) is 0 Å². The summed E-state index contributed by atoms with van der Waals surface area (Å²) in [7, 11) is 0. The molecule has 0 atom stereocenters. The van der Waals surface area contributed by atoms with Crippen LogP contribution in [0.5, 0.6) is 0 Å². The van der Waals surface area contributed by atoms with E-state index in [0.29, 0.717) is 5.56 Å². The number of nitriles is 2. The lowest BCUT2D eigenvalue weighted by atomic mass is 10.2. The number of esters is 1. The Morgan fingerprint density at radius 3 is 2.55 bits per heavy atom. The molecular formula is C13H13N3O3S. The molecule has 0 saturated carbocycles. The van der Waals surface area contributed by atoms with Gasteiger partial charge in [-0.15, -0.1) is 11.3 Å². The second-order valence-corrected chi connectivity index (χ2v) is 5.23. The first-order valence-corrected chi connectivity index (χ1v) is 6.63. The SMILES string of the molecule is Cc1c(C(=O)OC(C)C)sc(NC(=O)CC#N)c1C#N. The van der Waals surface area contributed by atoms with Crippen LogP contribution >= 0.6 is 11.3 Å². The molecular weight excluding hydrogens is 278 g/mol. The summed E-state index contributed by atoms with van der Waals surface area (Å²) < 4.78 is 5.08. The van der Waals surface area contributed by atoms with Gasteiger partial charge in [0.2, 0.25) is 5.91 Å². The molecule has 0 aliphatic carbocycles. The first kappa shape index (κ1) is 15.7. The molecule has 1 rings (SSSR count). The molecule has 0 aliphatic rings. The van der Waals surface area contributed by atoms with E-state index < -0.39 is 11.9 Å². The summed E-state index contributed by atoms with van der Waals surface area (Å²) in [6.45, 7) is 5.06. The van der Waals surface area contributed by atoms with Crippen LogP contribution in [-0.2, 0) is 9.53 Å². The Bertz CT molecular complexity index is 620. The van der Waals surface area contributed by atoms with Crippen LogP contribution in [0.2, 0.25) is 0 Å². The van der Waals surface area contributed by atoms with Gasteiger partial charge in [-0.05, 0) is 26.3 Å². The van der Waals surface area contributed by atoms with Crippen molar-refractivity contribution in [1.82, 2.24) is 0 Å². The van der Waals surface area contributed by atoms with Crippen molar-refractivity contribution < 1.29 is 14.3 Å². The largest absolute Gasteiger partial charge is 0.459 e. The third-order valence-corrected chi connectivity index (χ3v) is 3.47. The number of rotatable bonds is 4. The van der Waals surface area contributed by atoms with Crippen molar-refractivity contribution in [3.8, 4) is 12.1 Å². The molecule has 7 heteroatoms. The monoisotopic (exact) mass is 291 g/mol. The van der Waals surface area contributed by atoms with Crippen LogP contribution in [0, 0.1) is 29.6 Å². The van der Waals surface area contributed by atoms with Crippen molar-refractivity contribution in [2.24, 2.45) is 0 Å². The standard InChI is InChI=1S/C13H13N3O3S/c1-7(2)19-13(18)11-8(3)9(6-15)12(20-11)16-10(17)4-5-14/h7H,4H2,1-3H3,(H,16,17). The number of hydrogen-bond donors (Lipinski definition) is 1. The lowest BCUT2D eigenvalue weighted by molar-refractivity contribution is -0.115.